The van der Waals surface area contributed by atoms with Gasteiger partial charge < -0.3 is 5.11 Å². The van der Waals surface area contributed by atoms with Crippen LogP contribution in [0, 0.1) is 0 Å². The smallest absolute Gasteiger partial charge is 0.130 e. The standard InChI is InChI=1S/C21H26O.3C2H6/c1-7-12-15-18(10-4)17(6)21(22)20(14-9-3)19(11-5)16-13-8-2;3*1-2/h7-16,22H,1-2,6H2,3-5H3;3*1-2H3/b14-9-,15-12-,16-13-,18-10+,19-11+,21-20-;;;. The van der Waals surface area contributed by atoms with Crippen LogP contribution in [-0.4, -0.2) is 5.11 Å². The lowest BCUT2D eigenvalue weighted by atomic mass is 9.96. The fourth-order valence-electron chi connectivity index (χ4n) is 1.83. The lowest BCUT2D eigenvalue weighted by Crippen LogP contribution is -1.97. The Morgan fingerprint density at radius 3 is 1.39 bits per heavy atom. The molecular formula is C27H44O. The van der Waals surface area contributed by atoms with Crippen LogP contribution in [-0.2, 0) is 0 Å². The predicted octanol–water partition coefficient (Wildman–Crippen LogP) is 9.39. The van der Waals surface area contributed by atoms with E-state index in [0.29, 0.717) is 5.57 Å². The van der Waals surface area contributed by atoms with Crippen molar-refractivity contribution in [3.8, 4) is 0 Å². The number of allylic oxidation sites excluding steroid dienone is 13. The molecule has 0 aromatic heterocycles. The first-order valence-corrected chi connectivity index (χ1v) is 10.2. The summed E-state index contributed by atoms with van der Waals surface area (Å²) >= 11 is 0. The van der Waals surface area contributed by atoms with Crippen LogP contribution in [0.1, 0.15) is 62.3 Å². The third kappa shape index (κ3) is 14.6. The molecule has 158 valence electrons. The molecule has 0 saturated heterocycles. The molecule has 0 aliphatic rings. The van der Waals surface area contributed by atoms with E-state index in [1.54, 1.807) is 12.2 Å². The van der Waals surface area contributed by atoms with E-state index in [1.807, 2.05) is 111 Å². The first-order valence-electron chi connectivity index (χ1n) is 10.2. The van der Waals surface area contributed by atoms with Crippen LogP contribution < -0.4 is 0 Å². The van der Waals surface area contributed by atoms with E-state index >= 15 is 0 Å². The summed E-state index contributed by atoms with van der Waals surface area (Å²) < 4.78 is 0. The summed E-state index contributed by atoms with van der Waals surface area (Å²) in [5, 5.41) is 10.6. The monoisotopic (exact) mass is 384 g/mol. The van der Waals surface area contributed by atoms with Crippen LogP contribution in [0.4, 0.5) is 0 Å². The van der Waals surface area contributed by atoms with Crippen LogP contribution in [0.5, 0.6) is 0 Å². The fraction of sp³-hybridized carbons (Fsp3) is 0.333. The molecule has 0 aliphatic carbocycles. The van der Waals surface area contributed by atoms with Crippen molar-refractivity contribution in [1.82, 2.24) is 0 Å². The molecule has 0 fully saturated rings. The Balaban J connectivity index is -0.000000434. The molecule has 0 saturated carbocycles. The highest BCUT2D eigenvalue weighted by Gasteiger charge is 2.11. The van der Waals surface area contributed by atoms with Gasteiger partial charge in [0.2, 0.25) is 0 Å². The largest absolute Gasteiger partial charge is 0.507 e. The van der Waals surface area contributed by atoms with Crippen molar-refractivity contribution >= 4 is 0 Å². The number of hydrogen-bond acceptors (Lipinski definition) is 1. The minimum Gasteiger partial charge on any atom is -0.507 e. The van der Waals surface area contributed by atoms with E-state index in [4.69, 9.17) is 0 Å². The third-order valence-electron chi connectivity index (χ3n) is 2.98. The maximum atomic E-state index is 10.6. The van der Waals surface area contributed by atoms with Crippen molar-refractivity contribution in [3.05, 3.63) is 109 Å². The molecule has 0 aliphatic heterocycles. The first-order chi connectivity index (χ1) is 13.6. The summed E-state index contributed by atoms with van der Waals surface area (Å²) in [6, 6.07) is 0. The van der Waals surface area contributed by atoms with Gasteiger partial charge in [0.25, 0.3) is 0 Å². The molecule has 0 atom stereocenters. The second kappa shape index (κ2) is 26.7. The summed E-state index contributed by atoms with van der Waals surface area (Å²) in [7, 11) is 0. The highest BCUT2D eigenvalue weighted by molar-refractivity contribution is 5.57. The minimum atomic E-state index is 0.154. The predicted molar refractivity (Wildman–Crippen MR) is 134 cm³/mol. The molecule has 0 heterocycles. The fourth-order valence-corrected chi connectivity index (χ4v) is 1.83. The molecule has 28 heavy (non-hydrogen) atoms. The van der Waals surface area contributed by atoms with E-state index in [0.717, 1.165) is 16.7 Å². The average molecular weight is 385 g/mol. The van der Waals surface area contributed by atoms with E-state index < -0.39 is 0 Å². The van der Waals surface area contributed by atoms with E-state index in [1.165, 1.54) is 0 Å². The molecule has 0 bridgehead atoms. The van der Waals surface area contributed by atoms with Crippen LogP contribution in [0.3, 0.4) is 0 Å². The lowest BCUT2D eigenvalue weighted by Gasteiger charge is -2.12. The van der Waals surface area contributed by atoms with Gasteiger partial charge in [-0.3, -0.25) is 0 Å². The topological polar surface area (TPSA) is 20.2 Å². The highest BCUT2D eigenvalue weighted by atomic mass is 16.3. The number of aliphatic hydroxyl groups excluding tert-OH is 1. The van der Waals surface area contributed by atoms with Crippen molar-refractivity contribution < 1.29 is 5.11 Å². The Hall–Kier alpha value is -2.54. The van der Waals surface area contributed by atoms with Crippen LogP contribution in [0.15, 0.2) is 109 Å². The molecule has 0 aromatic rings. The van der Waals surface area contributed by atoms with Gasteiger partial charge in [0.05, 0.1) is 0 Å². The molecule has 0 aromatic carbocycles. The zero-order valence-electron chi connectivity index (χ0n) is 19.8. The maximum absolute atomic E-state index is 10.6. The second-order valence-corrected chi connectivity index (χ2v) is 4.42. The number of rotatable bonds is 8. The van der Waals surface area contributed by atoms with Gasteiger partial charge in [0, 0.05) is 11.1 Å². The summed E-state index contributed by atoms with van der Waals surface area (Å²) in [4.78, 5) is 0. The zero-order chi connectivity index (χ0) is 23.0. The van der Waals surface area contributed by atoms with Crippen LogP contribution in [0.25, 0.3) is 0 Å². The van der Waals surface area contributed by atoms with Gasteiger partial charge in [-0.2, -0.15) is 0 Å². The van der Waals surface area contributed by atoms with Gasteiger partial charge in [-0.1, -0.05) is 122 Å². The molecule has 1 nitrogen and oxygen atoms in total. The Bertz CT molecular complexity index is 588. The molecule has 1 N–H and O–H groups in total. The molecule has 0 rings (SSSR count). The van der Waals surface area contributed by atoms with Crippen molar-refractivity contribution in [3.63, 3.8) is 0 Å². The molecule has 0 spiro atoms. The van der Waals surface area contributed by atoms with Gasteiger partial charge in [-0.25, -0.2) is 0 Å². The van der Waals surface area contributed by atoms with Crippen molar-refractivity contribution in [1.29, 1.82) is 0 Å². The molecule has 0 unspecified atom stereocenters. The third-order valence-corrected chi connectivity index (χ3v) is 2.98. The summed E-state index contributed by atoms with van der Waals surface area (Å²) in [5.74, 6) is 0.154. The van der Waals surface area contributed by atoms with Gasteiger partial charge >= 0.3 is 0 Å². The molecule has 0 radical (unpaired) electrons. The number of aliphatic hydroxyl groups is 1. The summed E-state index contributed by atoms with van der Waals surface area (Å²) in [5.41, 5.74) is 3.04. The van der Waals surface area contributed by atoms with Gasteiger partial charge in [-0.05, 0) is 31.9 Å². The Morgan fingerprint density at radius 2 is 1.07 bits per heavy atom. The van der Waals surface area contributed by atoms with Crippen LogP contribution >= 0.6 is 0 Å². The Morgan fingerprint density at radius 1 is 0.679 bits per heavy atom. The summed E-state index contributed by atoms with van der Waals surface area (Å²) in [6.07, 6.45) is 18.4. The van der Waals surface area contributed by atoms with E-state index in [2.05, 4.69) is 19.7 Å². The Kier molecular flexibility index (Phi) is 31.5. The molecular weight excluding hydrogens is 340 g/mol. The van der Waals surface area contributed by atoms with Gasteiger partial charge in [0.1, 0.15) is 5.76 Å². The highest BCUT2D eigenvalue weighted by Crippen LogP contribution is 2.25. The molecule has 0 amide bonds. The number of hydrogen-bond donors (Lipinski definition) is 1. The van der Waals surface area contributed by atoms with Crippen LogP contribution in [0.2, 0.25) is 0 Å². The maximum Gasteiger partial charge on any atom is 0.130 e. The Labute approximate surface area is 176 Å². The lowest BCUT2D eigenvalue weighted by molar-refractivity contribution is 0.422. The van der Waals surface area contributed by atoms with Crippen molar-refractivity contribution in [2.24, 2.45) is 0 Å². The van der Waals surface area contributed by atoms with E-state index in [-0.39, 0.29) is 5.76 Å². The van der Waals surface area contributed by atoms with E-state index in [9.17, 15) is 5.11 Å². The van der Waals surface area contributed by atoms with Gasteiger partial charge in [0.15, 0.2) is 0 Å². The normalized spacial score (nSPS) is 12.2. The average Bonchev–Trinajstić information content (AvgIpc) is 2.77. The minimum absolute atomic E-state index is 0.154. The molecule has 1 heteroatoms. The first kappa shape index (κ1) is 33.1. The van der Waals surface area contributed by atoms with Crippen molar-refractivity contribution in [2.75, 3.05) is 0 Å². The second-order valence-electron chi connectivity index (χ2n) is 4.42. The van der Waals surface area contributed by atoms with Gasteiger partial charge in [-0.15, -0.1) is 0 Å². The zero-order valence-corrected chi connectivity index (χ0v) is 19.8. The summed E-state index contributed by atoms with van der Waals surface area (Å²) in [6.45, 7) is 29.1. The quantitative estimate of drug-likeness (QED) is 0.326. The SMILES string of the molecule is C=C/C=C\C(=C/C)C(=C)/C(O)=C(\C=C/C)C(/C=C\C=C)=C/C.CC.CC.CC. The van der Waals surface area contributed by atoms with Crippen molar-refractivity contribution in [2.45, 2.75) is 62.3 Å².